The predicted molar refractivity (Wildman–Crippen MR) is 142 cm³/mol. The molecule has 0 radical (unpaired) electrons. The highest BCUT2D eigenvalue weighted by Gasteiger charge is 2.34. The van der Waals surface area contributed by atoms with Crippen molar-refractivity contribution >= 4 is 23.2 Å². The van der Waals surface area contributed by atoms with Crippen LogP contribution in [0, 0.1) is 6.92 Å². The zero-order valence-corrected chi connectivity index (χ0v) is 20.9. The first-order valence-electron chi connectivity index (χ1n) is 12.3. The van der Waals surface area contributed by atoms with E-state index in [0.29, 0.717) is 18.0 Å². The van der Waals surface area contributed by atoms with Gasteiger partial charge in [0.1, 0.15) is 0 Å². The second kappa shape index (κ2) is 10.7. The molecule has 6 heteroatoms. The minimum Gasteiger partial charge on any atom is -0.297 e. The Morgan fingerprint density at radius 1 is 0.914 bits per heavy atom. The third kappa shape index (κ3) is 5.81. The predicted octanol–water partition coefficient (Wildman–Crippen LogP) is 5.14. The number of hydrogen-bond donors (Lipinski definition) is 0. The number of carbonyl (C=O) groups excluding carboxylic acids is 1. The van der Waals surface area contributed by atoms with Crippen molar-refractivity contribution in [1.29, 1.82) is 0 Å². The molecule has 0 bridgehead atoms. The number of nitrogens with zero attached hydrogens (tertiary/aromatic N) is 4. The minimum atomic E-state index is -0.116. The van der Waals surface area contributed by atoms with Gasteiger partial charge in [-0.2, -0.15) is 5.10 Å². The smallest absolute Gasteiger partial charge is 0.257 e. The van der Waals surface area contributed by atoms with E-state index in [9.17, 15) is 4.79 Å². The summed E-state index contributed by atoms with van der Waals surface area (Å²) in [6.07, 6.45) is 0.696. The molecule has 5 rings (SSSR count). The Hall–Kier alpha value is -2.99. The fraction of sp³-hybridized carbons (Fsp3) is 0.310. The van der Waals surface area contributed by atoms with E-state index in [4.69, 9.17) is 16.7 Å². The van der Waals surface area contributed by atoms with E-state index in [1.54, 1.807) is 5.01 Å². The summed E-state index contributed by atoms with van der Waals surface area (Å²) in [4.78, 5) is 18.2. The van der Waals surface area contributed by atoms with Gasteiger partial charge in [-0.1, -0.05) is 83.9 Å². The van der Waals surface area contributed by atoms with E-state index < -0.39 is 0 Å². The summed E-state index contributed by atoms with van der Waals surface area (Å²) in [6, 6.07) is 26.6. The molecule has 1 unspecified atom stereocenters. The van der Waals surface area contributed by atoms with Crippen molar-refractivity contribution in [3.05, 3.63) is 106 Å². The van der Waals surface area contributed by atoms with Crippen LogP contribution in [0.15, 0.2) is 84.0 Å². The maximum Gasteiger partial charge on any atom is 0.257 e. The molecular formula is C29H31ClN4O. The van der Waals surface area contributed by atoms with E-state index >= 15 is 0 Å². The van der Waals surface area contributed by atoms with Gasteiger partial charge in [0.05, 0.1) is 18.3 Å². The molecule has 3 aromatic carbocycles. The molecular weight excluding hydrogens is 456 g/mol. The molecule has 0 spiro atoms. The molecule has 2 aliphatic heterocycles. The van der Waals surface area contributed by atoms with Crippen LogP contribution in [0.4, 0.5) is 0 Å². The molecule has 2 heterocycles. The number of benzene rings is 3. The van der Waals surface area contributed by atoms with E-state index in [0.717, 1.165) is 49.6 Å². The molecule has 180 valence electrons. The van der Waals surface area contributed by atoms with Crippen molar-refractivity contribution < 1.29 is 4.79 Å². The van der Waals surface area contributed by atoms with Crippen LogP contribution in [0.1, 0.15) is 34.7 Å². The van der Waals surface area contributed by atoms with Crippen LogP contribution >= 0.6 is 11.6 Å². The molecule has 35 heavy (non-hydrogen) atoms. The monoisotopic (exact) mass is 486 g/mol. The molecule has 1 amide bonds. The third-order valence-electron chi connectivity index (χ3n) is 6.84. The van der Waals surface area contributed by atoms with Gasteiger partial charge in [-0.15, -0.1) is 0 Å². The molecule has 2 aliphatic rings. The first-order chi connectivity index (χ1) is 17.0. The van der Waals surface area contributed by atoms with E-state index in [2.05, 4.69) is 65.3 Å². The number of hydrazone groups is 1. The molecule has 1 fully saturated rings. The quantitative estimate of drug-likeness (QED) is 0.484. The van der Waals surface area contributed by atoms with Gasteiger partial charge >= 0.3 is 0 Å². The number of amides is 1. The van der Waals surface area contributed by atoms with Gasteiger partial charge in [-0.25, -0.2) is 5.01 Å². The van der Waals surface area contributed by atoms with Gasteiger partial charge in [-0.3, -0.25) is 14.6 Å². The number of hydrogen-bond acceptors (Lipinski definition) is 4. The molecule has 3 aromatic rings. The van der Waals surface area contributed by atoms with Gasteiger partial charge in [0.25, 0.3) is 5.91 Å². The normalized spacial score (nSPS) is 19.1. The van der Waals surface area contributed by atoms with Gasteiger partial charge < -0.3 is 0 Å². The number of rotatable bonds is 6. The maximum absolute atomic E-state index is 13.5. The largest absolute Gasteiger partial charge is 0.297 e. The fourth-order valence-corrected chi connectivity index (χ4v) is 5.02. The summed E-state index contributed by atoms with van der Waals surface area (Å²) in [5.41, 5.74) is 5.61. The number of aryl methyl sites for hydroxylation is 1. The van der Waals surface area contributed by atoms with E-state index in [-0.39, 0.29) is 11.9 Å². The lowest BCUT2D eigenvalue weighted by Crippen LogP contribution is -2.49. The first kappa shape index (κ1) is 23.7. The molecule has 0 aromatic heterocycles. The van der Waals surface area contributed by atoms with Gasteiger partial charge in [0.15, 0.2) is 0 Å². The molecule has 1 saturated heterocycles. The Balaban J connectivity index is 1.27. The van der Waals surface area contributed by atoms with Crippen LogP contribution in [0.2, 0.25) is 5.02 Å². The Morgan fingerprint density at radius 2 is 1.63 bits per heavy atom. The summed E-state index contributed by atoms with van der Waals surface area (Å²) in [6.45, 7) is 7.10. The topological polar surface area (TPSA) is 39.2 Å². The van der Waals surface area contributed by atoms with Gasteiger partial charge in [0.2, 0.25) is 0 Å². The second-order valence-corrected chi connectivity index (χ2v) is 9.90. The third-order valence-corrected chi connectivity index (χ3v) is 7.10. The maximum atomic E-state index is 13.5. The lowest BCUT2D eigenvalue weighted by atomic mass is 9.97. The van der Waals surface area contributed by atoms with Crippen molar-refractivity contribution in [3.8, 4) is 0 Å². The Morgan fingerprint density at radius 3 is 2.34 bits per heavy atom. The summed E-state index contributed by atoms with van der Waals surface area (Å²) in [5.74, 6) is 0.0455. The van der Waals surface area contributed by atoms with Crippen molar-refractivity contribution in [2.75, 3.05) is 32.7 Å². The van der Waals surface area contributed by atoms with Crippen molar-refractivity contribution in [1.82, 2.24) is 14.8 Å². The number of piperazine rings is 1. The average Bonchev–Trinajstić information content (AvgIpc) is 3.32. The highest BCUT2D eigenvalue weighted by Crippen LogP contribution is 2.33. The Bertz CT molecular complexity index is 1190. The summed E-state index contributed by atoms with van der Waals surface area (Å²) in [5, 5.41) is 7.24. The van der Waals surface area contributed by atoms with Crippen LogP contribution in [0.25, 0.3) is 0 Å². The van der Waals surface area contributed by atoms with E-state index in [1.165, 1.54) is 11.1 Å². The Kier molecular flexibility index (Phi) is 7.28. The van der Waals surface area contributed by atoms with Crippen LogP contribution in [-0.2, 0) is 11.3 Å². The molecule has 0 aliphatic carbocycles. The summed E-state index contributed by atoms with van der Waals surface area (Å²) < 4.78 is 0. The van der Waals surface area contributed by atoms with Crippen molar-refractivity contribution in [3.63, 3.8) is 0 Å². The fourth-order valence-electron chi connectivity index (χ4n) is 4.89. The number of halogens is 1. The standard InChI is InChI=1S/C29H31ClN4O/c1-22-6-5-9-25(18-22)27-19-28(24-10-12-26(30)13-11-24)34(31-27)29(35)21-33-16-14-32(15-17-33)20-23-7-3-2-4-8-23/h2-13,18,28H,14-17,19-21H2,1H3. The molecule has 5 nitrogen and oxygen atoms in total. The zero-order chi connectivity index (χ0) is 24.2. The van der Waals surface area contributed by atoms with Crippen LogP contribution < -0.4 is 0 Å². The lowest BCUT2D eigenvalue weighted by molar-refractivity contribution is -0.134. The highest BCUT2D eigenvalue weighted by molar-refractivity contribution is 6.30. The zero-order valence-electron chi connectivity index (χ0n) is 20.1. The van der Waals surface area contributed by atoms with Gasteiger partial charge in [-0.05, 0) is 35.7 Å². The van der Waals surface area contributed by atoms with Crippen LogP contribution in [0.5, 0.6) is 0 Å². The number of carbonyl (C=O) groups is 1. The SMILES string of the molecule is Cc1cccc(C2=NN(C(=O)CN3CCN(Cc4ccccc4)CC3)C(c3ccc(Cl)cc3)C2)c1. The molecule has 1 atom stereocenters. The average molecular weight is 487 g/mol. The first-order valence-corrected chi connectivity index (χ1v) is 12.6. The van der Waals surface area contributed by atoms with E-state index in [1.807, 2.05) is 30.3 Å². The molecule has 0 saturated carbocycles. The summed E-state index contributed by atoms with van der Waals surface area (Å²) >= 11 is 6.13. The minimum absolute atomic E-state index is 0.0455. The van der Waals surface area contributed by atoms with Gasteiger partial charge in [0, 0.05) is 44.2 Å². The summed E-state index contributed by atoms with van der Waals surface area (Å²) in [7, 11) is 0. The lowest BCUT2D eigenvalue weighted by Gasteiger charge is -2.35. The van der Waals surface area contributed by atoms with Crippen molar-refractivity contribution in [2.24, 2.45) is 5.10 Å². The molecule has 0 N–H and O–H groups in total. The Labute approximate surface area is 212 Å². The van der Waals surface area contributed by atoms with Crippen LogP contribution in [0.3, 0.4) is 0 Å². The second-order valence-electron chi connectivity index (χ2n) is 9.46. The van der Waals surface area contributed by atoms with Crippen molar-refractivity contribution in [2.45, 2.75) is 25.9 Å². The highest BCUT2D eigenvalue weighted by atomic mass is 35.5. The van der Waals surface area contributed by atoms with Crippen LogP contribution in [-0.4, -0.2) is 59.2 Å².